The molecule has 1 N–H and O–H groups in total. The number of sulfonamides is 1. The Hall–Kier alpha value is -3.36. The first-order chi connectivity index (χ1) is 18.6. The fourth-order valence-electron chi connectivity index (χ4n) is 4.15. The molecule has 3 rings (SSSR count). The van der Waals surface area contributed by atoms with Crippen LogP contribution in [-0.4, -0.2) is 43.3 Å². The van der Waals surface area contributed by atoms with Gasteiger partial charge in [-0.15, -0.1) is 0 Å². The smallest absolute Gasteiger partial charge is 0.264 e. The molecule has 0 aliphatic carbocycles. The molecule has 7 nitrogen and oxygen atoms in total. The van der Waals surface area contributed by atoms with Crippen LogP contribution in [0.4, 0.5) is 5.69 Å². The van der Waals surface area contributed by atoms with Gasteiger partial charge in [-0.1, -0.05) is 65.2 Å². The van der Waals surface area contributed by atoms with E-state index >= 15 is 0 Å². The molecule has 0 heterocycles. The van der Waals surface area contributed by atoms with E-state index < -0.39 is 34.1 Å². The molecule has 0 saturated carbocycles. The van der Waals surface area contributed by atoms with Gasteiger partial charge in [0.1, 0.15) is 12.6 Å². The Bertz CT molecular complexity index is 1460. The van der Waals surface area contributed by atoms with Crippen LogP contribution in [0.5, 0.6) is 0 Å². The lowest BCUT2D eigenvalue weighted by Gasteiger charge is -2.34. The summed E-state index contributed by atoms with van der Waals surface area (Å²) < 4.78 is 29.1. The van der Waals surface area contributed by atoms with Gasteiger partial charge in [0.15, 0.2) is 0 Å². The van der Waals surface area contributed by atoms with E-state index in [1.807, 2.05) is 58.9 Å². The number of nitrogens with one attached hydrogen (secondary N) is 1. The monoisotopic (exact) mass is 583 g/mol. The van der Waals surface area contributed by atoms with Crippen LogP contribution in [0.15, 0.2) is 71.6 Å². The number of rotatable bonds is 9. The van der Waals surface area contributed by atoms with Gasteiger partial charge in [0.05, 0.1) is 10.6 Å². The number of hydrogen-bond donors (Lipinski definition) is 1. The largest absolute Gasteiger partial charge is 0.350 e. The normalized spacial score (nSPS) is 12.5. The average molecular weight is 584 g/mol. The van der Waals surface area contributed by atoms with E-state index in [0.29, 0.717) is 16.3 Å². The zero-order chi connectivity index (χ0) is 29.8. The topological polar surface area (TPSA) is 86.8 Å². The minimum atomic E-state index is -4.17. The molecule has 214 valence electrons. The molecule has 0 aromatic heterocycles. The van der Waals surface area contributed by atoms with Crippen LogP contribution in [0.1, 0.15) is 49.9 Å². The molecule has 3 aromatic rings. The minimum absolute atomic E-state index is 0.0499. The van der Waals surface area contributed by atoms with Gasteiger partial charge in [0.25, 0.3) is 10.0 Å². The van der Waals surface area contributed by atoms with Crippen molar-refractivity contribution in [2.24, 2.45) is 0 Å². The van der Waals surface area contributed by atoms with E-state index in [9.17, 15) is 18.0 Å². The van der Waals surface area contributed by atoms with Crippen molar-refractivity contribution in [3.05, 3.63) is 94.0 Å². The number of carbonyl (C=O) groups excluding carboxylic acids is 2. The molecule has 0 aliphatic rings. The molecule has 0 bridgehead atoms. The summed E-state index contributed by atoms with van der Waals surface area (Å²) in [5.74, 6) is -0.855. The zero-order valence-corrected chi connectivity index (χ0v) is 25.7. The average Bonchev–Trinajstić information content (AvgIpc) is 2.87. The standard InChI is InChI=1S/C31H38ClN3O4S/c1-21-8-13-25(14-9-21)19-34(24(4)30(37)33-31(5,6)7)29(36)20-35(28-18-26(32)15-12-23(28)3)40(38,39)27-16-10-22(2)11-17-27/h8-18,24H,19-20H2,1-7H3,(H,33,37). The van der Waals surface area contributed by atoms with Crippen molar-refractivity contribution in [1.29, 1.82) is 0 Å². The van der Waals surface area contributed by atoms with Crippen molar-refractivity contribution in [3.63, 3.8) is 0 Å². The Labute approximate surface area is 243 Å². The van der Waals surface area contributed by atoms with Crippen LogP contribution in [0, 0.1) is 20.8 Å². The highest BCUT2D eigenvalue weighted by Crippen LogP contribution is 2.30. The number of benzene rings is 3. The van der Waals surface area contributed by atoms with E-state index in [1.165, 1.54) is 23.1 Å². The molecular formula is C31H38ClN3O4S. The Morgan fingerprint density at radius 1 is 0.900 bits per heavy atom. The van der Waals surface area contributed by atoms with Crippen LogP contribution in [-0.2, 0) is 26.2 Å². The van der Waals surface area contributed by atoms with Crippen LogP contribution in [0.3, 0.4) is 0 Å². The predicted octanol–water partition coefficient (Wildman–Crippen LogP) is 5.79. The number of amides is 2. The van der Waals surface area contributed by atoms with E-state index in [-0.39, 0.29) is 17.3 Å². The number of anilines is 1. The number of nitrogens with zero attached hydrogens (tertiary/aromatic N) is 2. The summed E-state index contributed by atoms with van der Waals surface area (Å²) in [6.07, 6.45) is 0. The van der Waals surface area contributed by atoms with Crippen molar-refractivity contribution < 1.29 is 18.0 Å². The molecule has 0 radical (unpaired) electrons. The summed E-state index contributed by atoms with van der Waals surface area (Å²) in [6, 6.07) is 18.2. The van der Waals surface area contributed by atoms with Crippen molar-refractivity contribution in [2.75, 3.05) is 10.8 Å². The van der Waals surface area contributed by atoms with E-state index in [1.54, 1.807) is 38.1 Å². The molecular weight excluding hydrogens is 546 g/mol. The van der Waals surface area contributed by atoms with Gasteiger partial charge in [0.2, 0.25) is 11.8 Å². The summed E-state index contributed by atoms with van der Waals surface area (Å²) in [4.78, 5) is 28.7. The predicted molar refractivity (Wildman–Crippen MR) is 161 cm³/mol. The highest BCUT2D eigenvalue weighted by Gasteiger charge is 2.34. The molecule has 9 heteroatoms. The third kappa shape index (κ3) is 7.86. The van der Waals surface area contributed by atoms with Gasteiger partial charge < -0.3 is 10.2 Å². The SMILES string of the molecule is Cc1ccc(CN(C(=O)CN(c2cc(Cl)ccc2C)S(=O)(=O)c2ccc(C)cc2)C(C)C(=O)NC(C)(C)C)cc1. The fraction of sp³-hybridized carbons (Fsp3) is 0.355. The van der Waals surface area contributed by atoms with Gasteiger partial charge in [-0.3, -0.25) is 13.9 Å². The minimum Gasteiger partial charge on any atom is -0.350 e. The van der Waals surface area contributed by atoms with Gasteiger partial charge in [-0.2, -0.15) is 0 Å². The lowest BCUT2D eigenvalue weighted by atomic mass is 10.1. The van der Waals surface area contributed by atoms with Crippen LogP contribution < -0.4 is 9.62 Å². The second-order valence-corrected chi connectivity index (χ2v) is 13.5. The molecule has 2 amide bonds. The lowest BCUT2D eigenvalue weighted by molar-refractivity contribution is -0.140. The number of hydrogen-bond acceptors (Lipinski definition) is 4. The van der Waals surface area contributed by atoms with Crippen LogP contribution in [0.25, 0.3) is 0 Å². The molecule has 40 heavy (non-hydrogen) atoms. The highest BCUT2D eigenvalue weighted by atomic mass is 35.5. The molecule has 1 atom stereocenters. The Kier molecular flexibility index (Phi) is 9.69. The molecule has 3 aromatic carbocycles. The number of aryl methyl sites for hydroxylation is 3. The van der Waals surface area contributed by atoms with Crippen molar-refractivity contribution >= 4 is 39.1 Å². The summed E-state index contributed by atoms with van der Waals surface area (Å²) >= 11 is 6.28. The first-order valence-corrected chi connectivity index (χ1v) is 14.9. The molecule has 0 fully saturated rings. The lowest BCUT2D eigenvalue weighted by Crippen LogP contribution is -2.54. The zero-order valence-electron chi connectivity index (χ0n) is 24.2. The maximum Gasteiger partial charge on any atom is 0.264 e. The van der Waals surface area contributed by atoms with Gasteiger partial charge in [0, 0.05) is 17.1 Å². The summed E-state index contributed by atoms with van der Waals surface area (Å²) in [7, 11) is -4.17. The van der Waals surface area contributed by atoms with Crippen LogP contribution >= 0.6 is 11.6 Å². The van der Waals surface area contributed by atoms with E-state index in [4.69, 9.17) is 11.6 Å². The second-order valence-electron chi connectivity index (χ2n) is 11.2. The fourth-order valence-corrected chi connectivity index (χ4v) is 5.79. The summed E-state index contributed by atoms with van der Waals surface area (Å²) in [6.45, 7) is 12.4. The third-order valence-corrected chi connectivity index (χ3v) is 8.48. The van der Waals surface area contributed by atoms with Crippen LogP contribution in [0.2, 0.25) is 5.02 Å². The first-order valence-electron chi connectivity index (χ1n) is 13.1. The van der Waals surface area contributed by atoms with Crippen molar-refractivity contribution in [3.8, 4) is 0 Å². The van der Waals surface area contributed by atoms with Gasteiger partial charge in [-0.25, -0.2) is 8.42 Å². The highest BCUT2D eigenvalue weighted by molar-refractivity contribution is 7.92. The molecule has 0 spiro atoms. The third-order valence-electron chi connectivity index (χ3n) is 6.47. The van der Waals surface area contributed by atoms with Gasteiger partial charge in [-0.05, 0) is 83.9 Å². The Morgan fingerprint density at radius 3 is 2.00 bits per heavy atom. The molecule has 0 saturated heterocycles. The summed E-state index contributed by atoms with van der Waals surface area (Å²) in [5, 5.41) is 3.27. The quantitative estimate of drug-likeness (QED) is 0.345. The Balaban J connectivity index is 2.08. The number of carbonyl (C=O) groups is 2. The Morgan fingerprint density at radius 2 is 1.45 bits per heavy atom. The van der Waals surface area contributed by atoms with E-state index in [0.717, 1.165) is 21.0 Å². The molecule has 0 aliphatic heterocycles. The van der Waals surface area contributed by atoms with Gasteiger partial charge >= 0.3 is 0 Å². The second kappa shape index (κ2) is 12.4. The van der Waals surface area contributed by atoms with Crippen molar-refractivity contribution in [2.45, 2.75) is 71.5 Å². The van der Waals surface area contributed by atoms with Crippen molar-refractivity contribution in [1.82, 2.24) is 10.2 Å². The first kappa shape index (κ1) is 31.2. The molecule has 1 unspecified atom stereocenters. The van der Waals surface area contributed by atoms with E-state index in [2.05, 4.69) is 5.32 Å². The summed E-state index contributed by atoms with van der Waals surface area (Å²) in [5.41, 5.74) is 3.21. The maximum atomic E-state index is 14.0. The maximum absolute atomic E-state index is 14.0. The number of halogens is 1.